The van der Waals surface area contributed by atoms with Crippen LogP contribution in [-0.2, 0) is 0 Å². The Morgan fingerprint density at radius 3 is 2.36 bits per heavy atom. The van der Waals surface area contributed by atoms with E-state index in [2.05, 4.69) is 19.2 Å². The SMILES string of the molecule is CC(C)CC(NC(=O)c1cccc(Cl)c1Cl)c1ccccc1. The third kappa shape index (κ3) is 4.25. The van der Waals surface area contributed by atoms with E-state index in [1.165, 1.54) is 0 Å². The lowest BCUT2D eigenvalue weighted by Crippen LogP contribution is -2.29. The molecule has 0 aromatic heterocycles. The number of halogens is 2. The van der Waals surface area contributed by atoms with Crippen LogP contribution < -0.4 is 5.32 Å². The Morgan fingerprint density at radius 1 is 1.05 bits per heavy atom. The Kier molecular flexibility index (Phi) is 5.87. The van der Waals surface area contributed by atoms with Gasteiger partial charge in [0.25, 0.3) is 5.91 Å². The fourth-order valence-corrected chi connectivity index (χ4v) is 2.74. The van der Waals surface area contributed by atoms with Crippen molar-refractivity contribution in [2.24, 2.45) is 5.92 Å². The van der Waals surface area contributed by atoms with E-state index in [9.17, 15) is 4.79 Å². The van der Waals surface area contributed by atoms with Gasteiger partial charge in [-0.15, -0.1) is 0 Å². The van der Waals surface area contributed by atoms with Crippen LogP contribution in [0.15, 0.2) is 48.5 Å². The number of rotatable bonds is 5. The topological polar surface area (TPSA) is 29.1 Å². The van der Waals surface area contributed by atoms with Crippen molar-refractivity contribution in [2.45, 2.75) is 26.3 Å². The molecule has 0 fully saturated rings. The molecule has 2 aromatic rings. The first kappa shape index (κ1) is 16.9. The molecule has 116 valence electrons. The molecular formula is C18H19Cl2NO. The van der Waals surface area contributed by atoms with Crippen molar-refractivity contribution in [2.75, 3.05) is 0 Å². The fraction of sp³-hybridized carbons (Fsp3) is 0.278. The molecule has 22 heavy (non-hydrogen) atoms. The Morgan fingerprint density at radius 2 is 1.73 bits per heavy atom. The first-order chi connectivity index (χ1) is 10.5. The van der Waals surface area contributed by atoms with E-state index in [1.807, 2.05) is 30.3 Å². The summed E-state index contributed by atoms with van der Waals surface area (Å²) in [6.07, 6.45) is 0.855. The fourth-order valence-electron chi connectivity index (χ4n) is 2.35. The summed E-state index contributed by atoms with van der Waals surface area (Å²) in [5.41, 5.74) is 1.49. The predicted molar refractivity (Wildman–Crippen MR) is 92.6 cm³/mol. The molecule has 1 amide bonds. The van der Waals surface area contributed by atoms with Crippen molar-refractivity contribution in [3.8, 4) is 0 Å². The lowest BCUT2D eigenvalue weighted by molar-refractivity contribution is 0.0932. The van der Waals surface area contributed by atoms with E-state index >= 15 is 0 Å². The highest BCUT2D eigenvalue weighted by Gasteiger charge is 2.19. The molecule has 1 unspecified atom stereocenters. The van der Waals surface area contributed by atoms with Crippen molar-refractivity contribution in [3.05, 3.63) is 69.7 Å². The zero-order chi connectivity index (χ0) is 16.1. The molecule has 4 heteroatoms. The average Bonchev–Trinajstić information content (AvgIpc) is 2.49. The second-order valence-corrected chi connectivity index (χ2v) is 6.45. The number of amides is 1. The molecule has 0 aliphatic heterocycles. The van der Waals surface area contributed by atoms with Crippen LogP contribution in [0.2, 0.25) is 10.0 Å². The summed E-state index contributed by atoms with van der Waals surface area (Å²) in [6.45, 7) is 4.27. The molecule has 0 aliphatic carbocycles. The molecule has 0 heterocycles. The van der Waals surface area contributed by atoms with E-state index < -0.39 is 0 Å². The van der Waals surface area contributed by atoms with E-state index in [4.69, 9.17) is 23.2 Å². The minimum absolute atomic E-state index is 0.0521. The molecule has 0 bridgehead atoms. The van der Waals surface area contributed by atoms with Gasteiger partial charge in [-0.05, 0) is 30.0 Å². The lowest BCUT2D eigenvalue weighted by atomic mass is 9.96. The van der Waals surface area contributed by atoms with Gasteiger partial charge >= 0.3 is 0 Å². The molecule has 0 saturated heterocycles. The molecule has 2 rings (SSSR count). The van der Waals surface area contributed by atoms with Gasteiger partial charge in [0.15, 0.2) is 0 Å². The maximum absolute atomic E-state index is 12.5. The Bertz CT molecular complexity index is 641. The Hall–Kier alpha value is -1.51. The summed E-state index contributed by atoms with van der Waals surface area (Å²) in [5, 5.41) is 3.74. The second-order valence-electron chi connectivity index (χ2n) is 5.67. The van der Waals surface area contributed by atoms with Gasteiger partial charge in [-0.25, -0.2) is 0 Å². The van der Waals surface area contributed by atoms with Gasteiger partial charge in [0.1, 0.15) is 0 Å². The van der Waals surface area contributed by atoms with Gasteiger partial charge in [-0.2, -0.15) is 0 Å². The molecule has 1 N–H and O–H groups in total. The van der Waals surface area contributed by atoms with Crippen molar-refractivity contribution in [1.82, 2.24) is 5.32 Å². The van der Waals surface area contributed by atoms with Gasteiger partial charge in [0, 0.05) is 0 Å². The van der Waals surface area contributed by atoms with Crippen LogP contribution in [0.4, 0.5) is 0 Å². The molecule has 1 atom stereocenters. The maximum atomic E-state index is 12.5. The number of nitrogens with one attached hydrogen (secondary N) is 1. The maximum Gasteiger partial charge on any atom is 0.253 e. The molecule has 0 spiro atoms. The second kappa shape index (κ2) is 7.66. The van der Waals surface area contributed by atoms with Crippen molar-refractivity contribution >= 4 is 29.1 Å². The highest BCUT2D eigenvalue weighted by Crippen LogP contribution is 2.27. The average molecular weight is 336 g/mol. The first-order valence-corrected chi connectivity index (χ1v) is 8.04. The van der Waals surface area contributed by atoms with Crippen LogP contribution in [0, 0.1) is 5.92 Å². The van der Waals surface area contributed by atoms with Crippen LogP contribution in [0.5, 0.6) is 0 Å². The summed E-state index contributed by atoms with van der Waals surface area (Å²) < 4.78 is 0. The lowest BCUT2D eigenvalue weighted by Gasteiger charge is -2.21. The summed E-state index contributed by atoms with van der Waals surface area (Å²) in [4.78, 5) is 12.5. The molecule has 0 radical (unpaired) electrons. The quantitative estimate of drug-likeness (QED) is 0.766. The Labute approximate surface area is 141 Å². The summed E-state index contributed by atoms with van der Waals surface area (Å²) in [5.74, 6) is 0.252. The molecule has 2 aromatic carbocycles. The minimum Gasteiger partial charge on any atom is -0.345 e. The number of hydrogen-bond acceptors (Lipinski definition) is 1. The van der Waals surface area contributed by atoms with Crippen LogP contribution in [0.25, 0.3) is 0 Å². The molecule has 0 aliphatic rings. The van der Waals surface area contributed by atoms with Crippen molar-refractivity contribution in [3.63, 3.8) is 0 Å². The summed E-state index contributed by atoms with van der Waals surface area (Å²) in [7, 11) is 0. The third-order valence-electron chi connectivity index (χ3n) is 3.41. The highest BCUT2D eigenvalue weighted by atomic mass is 35.5. The summed E-state index contributed by atoms with van der Waals surface area (Å²) in [6, 6.07) is 15.0. The molecule has 2 nitrogen and oxygen atoms in total. The van der Waals surface area contributed by atoms with Gasteiger partial charge in [0.05, 0.1) is 21.7 Å². The van der Waals surface area contributed by atoms with Gasteiger partial charge in [-0.1, -0.05) is 73.4 Å². The van der Waals surface area contributed by atoms with Crippen LogP contribution >= 0.6 is 23.2 Å². The number of carbonyl (C=O) groups is 1. The first-order valence-electron chi connectivity index (χ1n) is 7.29. The zero-order valence-electron chi connectivity index (χ0n) is 12.6. The van der Waals surface area contributed by atoms with Gasteiger partial charge < -0.3 is 5.32 Å². The van der Waals surface area contributed by atoms with Crippen LogP contribution in [0.3, 0.4) is 0 Å². The van der Waals surface area contributed by atoms with Gasteiger partial charge in [-0.3, -0.25) is 4.79 Å². The molecule has 0 saturated carbocycles. The molecular weight excluding hydrogens is 317 g/mol. The standard InChI is InChI=1S/C18H19Cl2NO/c1-12(2)11-16(13-7-4-3-5-8-13)21-18(22)14-9-6-10-15(19)17(14)20/h3-10,12,16H,11H2,1-2H3,(H,21,22). The summed E-state index contributed by atoms with van der Waals surface area (Å²) >= 11 is 12.1. The van der Waals surface area contributed by atoms with E-state index in [1.54, 1.807) is 18.2 Å². The number of carbonyl (C=O) groups excluding carboxylic acids is 1. The van der Waals surface area contributed by atoms with Crippen LogP contribution in [-0.4, -0.2) is 5.91 Å². The number of benzene rings is 2. The minimum atomic E-state index is -0.206. The van der Waals surface area contributed by atoms with E-state index in [0.29, 0.717) is 16.5 Å². The number of hydrogen-bond donors (Lipinski definition) is 1. The van der Waals surface area contributed by atoms with Crippen molar-refractivity contribution in [1.29, 1.82) is 0 Å². The third-order valence-corrected chi connectivity index (χ3v) is 4.23. The monoisotopic (exact) mass is 335 g/mol. The smallest absolute Gasteiger partial charge is 0.253 e. The highest BCUT2D eigenvalue weighted by molar-refractivity contribution is 6.43. The van der Waals surface area contributed by atoms with E-state index in [-0.39, 0.29) is 17.0 Å². The van der Waals surface area contributed by atoms with Crippen LogP contribution in [0.1, 0.15) is 42.2 Å². The predicted octanol–water partition coefficient (Wildman–Crippen LogP) is 5.51. The normalized spacial score (nSPS) is 12.2. The van der Waals surface area contributed by atoms with Crippen molar-refractivity contribution < 1.29 is 4.79 Å². The largest absolute Gasteiger partial charge is 0.345 e. The Balaban J connectivity index is 2.23. The van der Waals surface area contributed by atoms with Gasteiger partial charge in [0.2, 0.25) is 0 Å². The zero-order valence-corrected chi connectivity index (χ0v) is 14.2. The van der Waals surface area contributed by atoms with E-state index in [0.717, 1.165) is 12.0 Å².